The van der Waals surface area contributed by atoms with Crippen LogP contribution in [0.25, 0.3) is 0 Å². The molecule has 3 N–H and O–H groups in total. The van der Waals surface area contributed by atoms with Crippen LogP contribution in [0.3, 0.4) is 0 Å². The van der Waals surface area contributed by atoms with Gasteiger partial charge in [-0.2, -0.15) is 5.10 Å². The number of aromatic amines is 1. The van der Waals surface area contributed by atoms with E-state index in [1.807, 2.05) is 0 Å². The molecule has 0 atom stereocenters. The molecule has 0 bridgehead atoms. The van der Waals surface area contributed by atoms with Crippen LogP contribution in [0.5, 0.6) is 0 Å². The van der Waals surface area contributed by atoms with Crippen molar-refractivity contribution in [2.45, 2.75) is 0 Å². The molecule has 0 spiro atoms. The molecule has 0 fully saturated rings. The van der Waals surface area contributed by atoms with Gasteiger partial charge in [-0.05, 0) is 24.3 Å². The van der Waals surface area contributed by atoms with Crippen LogP contribution in [0.2, 0.25) is 5.02 Å². The first-order valence-electron chi connectivity index (χ1n) is 5.13. The van der Waals surface area contributed by atoms with Crippen LogP contribution < -0.4 is 16.2 Å². The Morgan fingerprint density at radius 1 is 1.26 bits per heavy atom. The Kier molecular flexibility index (Phi) is 3.76. The zero-order valence-electron chi connectivity index (χ0n) is 9.41. The minimum atomic E-state index is -0.595. The van der Waals surface area contributed by atoms with Crippen molar-refractivity contribution in [2.24, 2.45) is 0 Å². The molecular weight excluding hydrogens is 275 g/mol. The number of halogens is 2. The van der Waals surface area contributed by atoms with E-state index >= 15 is 0 Å². The van der Waals surface area contributed by atoms with E-state index in [1.165, 1.54) is 24.3 Å². The fourth-order valence-corrected chi connectivity index (χ4v) is 1.45. The molecule has 0 saturated heterocycles. The second-order valence-electron chi connectivity index (χ2n) is 3.51. The summed E-state index contributed by atoms with van der Waals surface area (Å²) in [5, 5.41) is 10.5. The summed E-state index contributed by atoms with van der Waals surface area (Å²) in [5.41, 5.74) is -0.0513. The molecule has 0 aliphatic heterocycles. The summed E-state index contributed by atoms with van der Waals surface area (Å²) in [4.78, 5) is 22.3. The molecule has 19 heavy (non-hydrogen) atoms. The number of carbonyl (C=O) groups is 1. The molecule has 0 saturated carbocycles. The molecule has 6 nitrogen and oxygen atoms in total. The largest absolute Gasteiger partial charge is 0.324 e. The van der Waals surface area contributed by atoms with Crippen molar-refractivity contribution in [3.05, 3.63) is 51.5 Å². The molecule has 0 unspecified atom stereocenters. The lowest BCUT2D eigenvalue weighted by molar-refractivity contribution is 0.262. The van der Waals surface area contributed by atoms with E-state index in [0.29, 0.717) is 5.69 Å². The maximum Gasteiger partial charge on any atom is 0.324 e. The third kappa shape index (κ3) is 3.52. The maximum absolute atomic E-state index is 12.9. The molecule has 2 aromatic rings. The molecule has 1 heterocycles. The van der Waals surface area contributed by atoms with Crippen LogP contribution in [-0.4, -0.2) is 16.2 Å². The normalized spacial score (nSPS) is 10.0. The van der Waals surface area contributed by atoms with E-state index in [9.17, 15) is 14.0 Å². The number of benzene rings is 1. The number of rotatable bonds is 2. The van der Waals surface area contributed by atoms with Crippen molar-refractivity contribution in [1.82, 2.24) is 10.2 Å². The first-order chi connectivity index (χ1) is 9.04. The van der Waals surface area contributed by atoms with Crippen molar-refractivity contribution < 1.29 is 9.18 Å². The van der Waals surface area contributed by atoms with Crippen molar-refractivity contribution in [3.8, 4) is 0 Å². The molecule has 8 heteroatoms. The SMILES string of the molecule is O=C(Nc1ccc(F)c(Cl)c1)Nc1ccc(=O)[nH]n1. The zero-order valence-corrected chi connectivity index (χ0v) is 10.2. The molecular formula is C11H8ClFN4O2. The summed E-state index contributed by atoms with van der Waals surface area (Å²) >= 11 is 5.58. The summed E-state index contributed by atoms with van der Waals surface area (Å²) in [5.74, 6) is -0.403. The zero-order chi connectivity index (χ0) is 13.8. The fraction of sp³-hybridized carbons (Fsp3) is 0. The van der Waals surface area contributed by atoms with Crippen molar-refractivity contribution in [3.63, 3.8) is 0 Å². The molecule has 0 radical (unpaired) electrons. The van der Waals surface area contributed by atoms with E-state index in [0.717, 1.165) is 6.07 Å². The lowest BCUT2D eigenvalue weighted by Gasteiger charge is -2.06. The van der Waals surface area contributed by atoms with E-state index in [-0.39, 0.29) is 16.4 Å². The van der Waals surface area contributed by atoms with Crippen LogP contribution in [0.1, 0.15) is 0 Å². The first-order valence-corrected chi connectivity index (χ1v) is 5.51. The van der Waals surface area contributed by atoms with Gasteiger partial charge in [0.25, 0.3) is 5.56 Å². The highest BCUT2D eigenvalue weighted by atomic mass is 35.5. The van der Waals surface area contributed by atoms with Crippen molar-refractivity contribution in [1.29, 1.82) is 0 Å². The Bertz CT molecular complexity index is 653. The number of carbonyl (C=O) groups excluding carboxylic acids is 1. The summed E-state index contributed by atoms with van der Waals surface area (Å²) in [6.45, 7) is 0. The Hall–Kier alpha value is -2.41. The number of nitrogens with one attached hydrogen (secondary N) is 3. The van der Waals surface area contributed by atoms with Crippen LogP contribution in [0.4, 0.5) is 20.7 Å². The second kappa shape index (κ2) is 5.49. The Morgan fingerprint density at radius 3 is 2.68 bits per heavy atom. The lowest BCUT2D eigenvalue weighted by atomic mass is 10.3. The minimum Gasteiger partial charge on any atom is -0.308 e. The number of H-pyrrole nitrogens is 1. The molecule has 98 valence electrons. The van der Waals surface area contributed by atoms with Gasteiger partial charge in [0.15, 0.2) is 5.82 Å². The highest BCUT2D eigenvalue weighted by molar-refractivity contribution is 6.31. The predicted molar refractivity (Wildman–Crippen MR) is 68.9 cm³/mol. The first kappa shape index (κ1) is 13.0. The second-order valence-corrected chi connectivity index (χ2v) is 3.92. The van der Waals surface area contributed by atoms with E-state index in [2.05, 4.69) is 20.8 Å². The van der Waals surface area contributed by atoms with E-state index < -0.39 is 11.8 Å². The van der Waals surface area contributed by atoms with Gasteiger partial charge in [0, 0.05) is 11.8 Å². The molecule has 2 rings (SSSR count). The molecule has 2 amide bonds. The quantitative estimate of drug-likeness (QED) is 0.789. The smallest absolute Gasteiger partial charge is 0.308 e. The highest BCUT2D eigenvalue weighted by Gasteiger charge is 2.06. The minimum absolute atomic E-state index is 0.0973. The number of hydrogen-bond donors (Lipinski definition) is 3. The summed E-state index contributed by atoms with van der Waals surface area (Å²) in [6, 6.07) is 5.74. The maximum atomic E-state index is 12.9. The van der Waals surface area contributed by atoms with Crippen LogP contribution in [0, 0.1) is 5.82 Å². The van der Waals surface area contributed by atoms with Crippen LogP contribution in [0.15, 0.2) is 35.1 Å². The van der Waals surface area contributed by atoms with Gasteiger partial charge in [0.1, 0.15) is 5.82 Å². The van der Waals surface area contributed by atoms with Gasteiger partial charge in [-0.3, -0.25) is 10.1 Å². The average Bonchev–Trinajstić information content (AvgIpc) is 2.37. The number of hydrogen-bond acceptors (Lipinski definition) is 3. The van der Waals surface area contributed by atoms with E-state index in [1.54, 1.807) is 0 Å². The molecule has 1 aromatic carbocycles. The average molecular weight is 283 g/mol. The van der Waals surface area contributed by atoms with Gasteiger partial charge in [0.05, 0.1) is 5.02 Å². The van der Waals surface area contributed by atoms with Gasteiger partial charge < -0.3 is 5.32 Å². The highest BCUT2D eigenvalue weighted by Crippen LogP contribution is 2.19. The Balaban J connectivity index is 2.03. The number of aromatic nitrogens is 2. The summed E-state index contributed by atoms with van der Waals surface area (Å²) in [7, 11) is 0. The van der Waals surface area contributed by atoms with Gasteiger partial charge in [-0.1, -0.05) is 11.6 Å². The number of urea groups is 1. The monoisotopic (exact) mass is 282 g/mol. The third-order valence-electron chi connectivity index (χ3n) is 2.10. The summed E-state index contributed by atoms with van der Waals surface area (Å²) in [6.07, 6.45) is 0. The van der Waals surface area contributed by atoms with Crippen LogP contribution >= 0.6 is 11.6 Å². The predicted octanol–water partition coefficient (Wildman–Crippen LogP) is 2.21. The third-order valence-corrected chi connectivity index (χ3v) is 2.39. The van der Waals surface area contributed by atoms with Gasteiger partial charge in [-0.15, -0.1) is 0 Å². The topological polar surface area (TPSA) is 86.9 Å². The Morgan fingerprint density at radius 2 is 2.05 bits per heavy atom. The standard InChI is InChI=1S/C11H8ClFN4O2/c12-7-5-6(1-2-8(7)13)14-11(19)15-9-3-4-10(18)17-16-9/h1-5H,(H,17,18)(H2,14,15,16,19). The number of nitrogens with zero attached hydrogens (tertiary/aromatic N) is 1. The fourth-order valence-electron chi connectivity index (χ4n) is 1.27. The number of anilines is 2. The van der Waals surface area contributed by atoms with Crippen molar-refractivity contribution >= 4 is 29.1 Å². The number of amides is 2. The summed E-state index contributed by atoms with van der Waals surface area (Å²) < 4.78 is 12.9. The van der Waals surface area contributed by atoms with Gasteiger partial charge in [-0.25, -0.2) is 14.3 Å². The van der Waals surface area contributed by atoms with Crippen LogP contribution in [-0.2, 0) is 0 Å². The van der Waals surface area contributed by atoms with Gasteiger partial charge in [0.2, 0.25) is 0 Å². The lowest BCUT2D eigenvalue weighted by Crippen LogP contribution is -2.21. The van der Waals surface area contributed by atoms with Crippen molar-refractivity contribution in [2.75, 3.05) is 10.6 Å². The van der Waals surface area contributed by atoms with Gasteiger partial charge >= 0.3 is 6.03 Å². The Labute approximate surface area is 111 Å². The molecule has 0 aliphatic carbocycles. The molecule has 0 aliphatic rings. The van der Waals surface area contributed by atoms with E-state index in [4.69, 9.17) is 11.6 Å². The molecule has 1 aromatic heterocycles.